The maximum Gasteiger partial charge on any atom is 0.234 e. The van der Waals surface area contributed by atoms with Gasteiger partial charge in [-0.05, 0) is 54.9 Å². The summed E-state index contributed by atoms with van der Waals surface area (Å²) < 4.78 is 12.9. The monoisotopic (exact) mass is 273 g/mol. The molecule has 1 aromatic rings. The lowest BCUT2D eigenvalue weighted by atomic mass is 9.68. The third-order valence-electron chi connectivity index (χ3n) is 5.43. The Kier molecular flexibility index (Phi) is 2.79. The molecule has 2 saturated carbocycles. The van der Waals surface area contributed by atoms with E-state index in [-0.39, 0.29) is 17.1 Å². The van der Waals surface area contributed by atoms with Crippen LogP contribution >= 0.6 is 0 Å². The minimum Gasteiger partial charge on any atom is -0.325 e. The van der Waals surface area contributed by atoms with Crippen molar-refractivity contribution in [3.63, 3.8) is 0 Å². The number of benzene rings is 1. The van der Waals surface area contributed by atoms with Crippen molar-refractivity contribution in [1.29, 1.82) is 0 Å². The number of hydrogen-bond acceptors (Lipinski definition) is 1. The average molecular weight is 273 g/mol. The van der Waals surface area contributed by atoms with Gasteiger partial charge in [-0.25, -0.2) is 4.39 Å². The number of halogens is 1. The highest BCUT2D eigenvalue weighted by molar-refractivity contribution is 5.98. The molecule has 2 bridgehead atoms. The zero-order chi connectivity index (χ0) is 14.5. The highest BCUT2D eigenvalue weighted by Crippen LogP contribution is 2.65. The largest absolute Gasteiger partial charge is 0.325 e. The van der Waals surface area contributed by atoms with E-state index in [9.17, 15) is 9.18 Å². The summed E-state index contributed by atoms with van der Waals surface area (Å²) in [4.78, 5) is 12.7. The molecule has 106 valence electrons. The second-order valence-electron chi connectivity index (χ2n) is 6.68. The number of carbonyl (C=O) groups excluding carboxylic acids is 1. The van der Waals surface area contributed by atoms with Crippen LogP contribution in [0.5, 0.6) is 0 Å². The summed E-state index contributed by atoms with van der Waals surface area (Å²) in [5.41, 5.74) is 1.31. The van der Waals surface area contributed by atoms with Crippen molar-refractivity contribution < 1.29 is 9.18 Å². The van der Waals surface area contributed by atoms with Crippen LogP contribution in [0.1, 0.15) is 33.1 Å². The molecule has 0 radical (unpaired) electrons. The van der Waals surface area contributed by atoms with Crippen LogP contribution in [0.3, 0.4) is 0 Å². The molecule has 1 amide bonds. The van der Waals surface area contributed by atoms with Gasteiger partial charge < -0.3 is 5.32 Å². The van der Waals surface area contributed by atoms with Crippen molar-refractivity contribution in [2.75, 3.05) is 5.32 Å². The summed E-state index contributed by atoms with van der Waals surface area (Å²) >= 11 is 0. The van der Waals surface area contributed by atoms with E-state index in [2.05, 4.69) is 25.7 Å². The van der Waals surface area contributed by atoms with Crippen LogP contribution < -0.4 is 5.32 Å². The van der Waals surface area contributed by atoms with E-state index < -0.39 is 5.41 Å². The van der Waals surface area contributed by atoms with E-state index in [0.717, 1.165) is 24.8 Å². The summed E-state index contributed by atoms with van der Waals surface area (Å²) in [6.45, 7) is 8.59. The molecule has 0 spiro atoms. The number of rotatable bonds is 2. The predicted molar refractivity (Wildman–Crippen MR) is 77.7 cm³/mol. The van der Waals surface area contributed by atoms with Gasteiger partial charge in [-0.2, -0.15) is 0 Å². The maximum atomic E-state index is 12.9. The minimum atomic E-state index is -0.428. The predicted octanol–water partition coefficient (Wildman–Crippen LogP) is 4.15. The van der Waals surface area contributed by atoms with Crippen LogP contribution in [0.25, 0.3) is 0 Å². The molecule has 2 aliphatic carbocycles. The van der Waals surface area contributed by atoms with Gasteiger partial charge in [0.15, 0.2) is 0 Å². The summed E-state index contributed by atoms with van der Waals surface area (Å²) in [6.07, 6.45) is 2.86. The van der Waals surface area contributed by atoms with E-state index in [1.165, 1.54) is 12.1 Å². The summed E-state index contributed by atoms with van der Waals surface area (Å²) in [5.74, 6) is 0.268. The number of anilines is 1. The maximum absolute atomic E-state index is 12.9. The second kappa shape index (κ2) is 4.18. The Labute approximate surface area is 119 Å². The number of hydrogen-bond donors (Lipinski definition) is 1. The molecule has 3 rings (SSSR count). The fourth-order valence-electron chi connectivity index (χ4n) is 3.93. The third-order valence-corrected chi connectivity index (χ3v) is 5.43. The van der Waals surface area contributed by atoms with Crippen molar-refractivity contribution in [2.24, 2.45) is 16.7 Å². The van der Waals surface area contributed by atoms with Gasteiger partial charge in [-0.1, -0.05) is 26.0 Å². The zero-order valence-corrected chi connectivity index (χ0v) is 12.0. The first-order chi connectivity index (χ1) is 9.36. The summed E-state index contributed by atoms with van der Waals surface area (Å²) in [5, 5.41) is 2.93. The Morgan fingerprint density at radius 3 is 2.55 bits per heavy atom. The molecule has 0 saturated heterocycles. The topological polar surface area (TPSA) is 29.1 Å². The third kappa shape index (κ3) is 1.72. The van der Waals surface area contributed by atoms with Crippen molar-refractivity contribution in [2.45, 2.75) is 33.1 Å². The number of nitrogens with one attached hydrogen (secondary N) is 1. The fraction of sp³-hybridized carbons (Fsp3) is 0.471. The number of carbonyl (C=O) groups is 1. The van der Waals surface area contributed by atoms with E-state index in [1.54, 1.807) is 12.1 Å². The van der Waals surface area contributed by atoms with Crippen LogP contribution in [0.4, 0.5) is 10.1 Å². The molecule has 0 aliphatic heterocycles. The number of amides is 1. The molecule has 2 unspecified atom stereocenters. The van der Waals surface area contributed by atoms with Crippen LogP contribution in [-0.2, 0) is 4.79 Å². The van der Waals surface area contributed by atoms with E-state index in [4.69, 9.17) is 0 Å². The van der Waals surface area contributed by atoms with Crippen LogP contribution in [-0.4, -0.2) is 5.91 Å². The van der Waals surface area contributed by atoms with Gasteiger partial charge in [0.25, 0.3) is 0 Å². The Balaban J connectivity index is 1.84. The lowest BCUT2D eigenvalue weighted by Crippen LogP contribution is -2.37. The van der Waals surface area contributed by atoms with Crippen LogP contribution in [0.15, 0.2) is 36.4 Å². The molecular weight excluding hydrogens is 253 g/mol. The molecule has 3 heteroatoms. The lowest BCUT2D eigenvalue weighted by Gasteiger charge is -2.37. The van der Waals surface area contributed by atoms with Crippen molar-refractivity contribution in [1.82, 2.24) is 0 Å². The van der Waals surface area contributed by atoms with Crippen molar-refractivity contribution in [3.05, 3.63) is 42.2 Å². The minimum absolute atomic E-state index is 0.0159. The molecular formula is C17H20FNO. The first-order valence-corrected chi connectivity index (χ1v) is 7.13. The lowest BCUT2D eigenvalue weighted by molar-refractivity contribution is -0.123. The van der Waals surface area contributed by atoms with Gasteiger partial charge >= 0.3 is 0 Å². The quantitative estimate of drug-likeness (QED) is 0.806. The molecule has 20 heavy (non-hydrogen) atoms. The van der Waals surface area contributed by atoms with Crippen LogP contribution in [0.2, 0.25) is 0 Å². The first-order valence-electron chi connectivity index (χ1n) is 7.13. The van der Waals surface area contributed by atoms with E-state index in [1.807, 2.05) is 0 Å². The molecule has 2 atom stereocenters. The molecule has 1 aromatic carbocycles. The standard InChI is InChI=1S/C17H20FNO/c1-11-16(2,3)12-8-9-17(11,10-12)15(20)19-14-6-4-13(18)5-7-14/h4-7,12H,1,8-10H2,2-3H3,(H,19,20). The van der Waals surface area contributed by atoms with E-state index in [0.29, 0.717) is 11.6 Å². The van der Waals surface area contributed by atoms with Gasteiger partial charge in [0, 0.05) is 5.69 Å². The molecule has 2 aliphatic rings. The smallest absolute Gasteiger partial charge is 0.234 e. The number of fused-ring (bicyclic) bond motifs is 2. The summed E-state index contributed by atoms with van der Waals surface area (Å²) in [6, 6.07) is 5.91. The highest BCUT2D eigenvalue weighted by atomic mass is 19.1. The van der Waals surface area contributed by atoms with Gasteiger partial charge in [0.1, 0.15) is 5.82 Å². The summed E-state index contributed by atoms with van der Waals surface area (Å²) in [7, 11) is 0. The Bertz CT molecular complexity index is 575. The second-order valence-corrected chi connectivity index (χ2v) is 6.68. The molecule has 2 fully saturated rings. The molecule has 2 nitrogen and oxygen atoms in total. The highest BCUT2D eigenvalue weighted by Gasteiger charge is 2.60. The van der Waals surface area contributed by atoms with Gasteiger partial charge in [-0.15, -0.1) is 0 Å². The molecule has 0 aromatic heterocycles. The molecule has 1 N–H and O–H groups in total. The Morgan fingerprint density at radius 2 is 2.00 bits per heavy atom. The van der Waals surface area contributed by atoms with Gasteiger partial charge in [0.05, 0.1) is 5.41 Å². The van der Waals surface area contributed by atoms with Gasteiger partial charge in [-0.3, -0.25) is 4.79 Å². The van der Waals surface area contributed by atoms with Crippen molar-refractivity contribution >= 4 is 11.6 Å². The van der Waals surface area contributed by atoms with Gasteiger partial charge in [0.2, 0.25) is 5.91 Å². The van der Waals surface area contributed by atoms with Crippen molar-refractivity contribution in [3.8, 4) is 0 Å². The first kappa shape index (κ1) is 13.3. The normalized spacial score (nSPS) is 30.6. The Hall–Kier alpha value is -1.64. The van der Waals surface area contributed by atoms with Crippen LogP contribution in [0, 0.1) is 22.6 Å². The zero-order valence-electron chi connectivity index (χ0n) is 12.0. The average Bonchev–Trinajstić information content (AvgIpc) is 2.93. The molecule has 0 heterocycles. The SMILES string of the molecule is C=C1C2(C(=O)Nc3ccc(F)cc3)CCC(C2)C1(C)C. The van der Waals surface area contributed by atoms with E-state index >= 15 is 0 Å². The Morgan fingerprint density at radius 1 is 1.35 bits per heavy atom. The fourth-order valence-corrected chi connectivity index (χ4v) is 3.93.